The number of hydrogen-bond acceptors (Lipinski definition) is 7. The highest BCUT2D eigenvalue weighted by Gasteiger charge is 2.32. The van der Waals surface area contributed by atoms with E-state index in [2.05, 4.69) is 15.0 Å². The number of halogens is 4. The Hall–Kier alpha value is -2.70. The number of nitrogens with one attached hydrogen (secondary N) is 1. The molecule has 0 saturated carbocycles. The smallest absolute Gasteiger partial charge is 0.403 e. The zero-order valence-electron chi connectivity index (χ0n) is 16.0. The van der Waals surface area contributed by atoms with E-state index >= 15 is 0 Å². The van der Waals surface area contributed by atoms with Gasteiger partial charge in [0.1, 0.15) is 6.73 Å². The Bertz CT molecular complexity index is 1110. The monoisotopic (exact) mass is 473 g/mol. The average molecular weight is 473 g/mol. The van der Waals surface area contributed by atoms with Crippen LogP contribution in [0, 0.1) is 5.82 Å². The van der Waals surface area contributed by atoms with E-state index in [4.69, 9.17) is 4.74 Å². The molecule has 0 radical (unpaired) electrons. The highest BCUT2D eigenvalue weighted by atomic mass is 32.1. The third kappa shape index (κ3) is 4.97. The summed E-state index contributed by atoms with van der Waals surface area (Å²) in [6, 6.07) is 3.05. The molecule has 2 aromatic heterocycles. The molecular formula is C19H15F4N3O3S2. The van der Waals surface area contributed by atoms with Crippen LogP contribution in [0.3, 0.4) is 0 Å². The van der Waals surface area contributed by atoms with Crippen molar-refractivity contribution in [3.63, 3.8) is 0 Å². The van der Waals surface area contributed by atoms with Crippen molar-refractivity contribution in [3.05, 3.63) is 45.9 Å². The normalized spacial score (nSPS) is 13.8. The summed E-state index contributed by atoms with van der Waals surface area (Å²) < 4.78 is 59.8. The summed E-state index contributed by atoms with van der Waals surface area (Å²) in [5, 5.41) is 7.57. The Labute approximate surface area is 182 Å². The van der Waals surface area contributed by atoms with Gasteiger partial charge in [-0.15, -0.1) is 35.8 Å². The van der Waals surface area contributed by atoms with Gasteiger partial charge in [-0.05, 0) is 29.1 Å². The zero-order valence-corrected chi connectivity index (χ0v) is 17.6. The van der Waals surface area contributed by atoms with Crippen molar-refractivity contribution in [1.29, 1.82) is 0 Å². The van der Waals surface area contributed by atoms with Gasteiger partial charge >= 0.3 is 6.36 Å². The Balaban J connectivity index is 1.42. The van der Waals surface area contributed by atoms with Crippen LogP contribution >= 0.6 is 22.7 Å². The van der Waals surface area contributed by atoms with Gasteiger partial charge in [-0.1, -0.05) is 0 Å². The zero-order chi connectivity index (χ0) is 22.2. The number of ether oxygens (including phenoxy) is 2. The molecule has 0 spiro atoms. The molecule has 0 atom stereocenters. The molecule has 1 N–H and O–H groups in total. The van der Waals surface area contributed by atoms with Gasteiger partial charge in [0.15, 0.2) is 16.7 Å². The topological polar surface area (TPSA) is 63.7 Å². The second kappa shape index (κ2) is 8.44. The van der Waals surface area contributed by atoms with Crippen molar-refractivity contribution in [2.24, 2.45) is 0 Å². The van der Waals surface area contributed by atoms with Crippen molar-refractivity contribution >= 4 is 38.7 Å². The maximum Gasteiger partial charge on any atom is 0.573 e. The van der Waals surface area contributed by atoms with Crippen molar-refractivity contribution in [3.8, 4) is 17.0 Å². The molecule has 1 aromatic carbocycles. The maximum atomic E-state index is 13.9. The molecule has 0 saturated heterocycles. The Morgan fingerprint density at radius 2 is 2.13 bits per heavy atom. The predicted molar refractivity (Wildman–Crippen MR) is 109 cm³/mol. The van der Waals surface area contributed by atoms with Crippen molar-refractivity contribution in [1.82, 2.24) is 4.98 Å². The Morgan fingerprint density at radius 3 is 2.87 bits per heavy atom. The highest BCUT2D eigenvalue weighted by Crippen LogP contribution is 2.35. The van der Waals surface area contributed by atoms with Gasteiger partial charge in [0.05, 0.1) is 23.7 Å². The number of nitrogens with zero attached hydrogens (tertiary/aromatic N) is 2. The van der Waals surface area contributed by atoms with Crippen LogP contribution in [0.25, 0.3) is 11.3 Å². The molecule has 1 aliphatic heterocycles. The summed E-state index contributed by atoms with van der Waals surface area (Å²) in [5.74, 6) is -2.36. The largest absolute Gasteiger partial charge is 0.573 e. The summed E-state index contributed by atoms with van der Waals surface area (Å²) >= 11 is 2.68. The molecule has 1 amide bonds. The first-order valence-corrected chi connectivity index (χ1v) is 10.6. The number of fused-ring (bicyclic) bond motifs is 1. The summed E-state index contributed by atoms with van der Waals surface area (Å²) in [4.78, 5) is 18.6. The molecule has 0 fully saturated rings. The number of amides is 1. The number of benzene rings is 1. The number of carbonyl (C=O) groups excluding carboxylic acids is 1. The molecule has 164 valence electrons. The van der Waals surface area contributed by atoms with E-state index in [0.717, 1.165) is 39.6 Å². The highest BCUT2D eigenvalue weighted by molar-refractivity contribution is 7.14. The number of carbonyl (C=O) groups is 1. The molecule has 0 bridgehead atoms. The maximum absolute atomic E-state index is 13.9. The van der Waals surface area contributed by atoms with Crippen LogP contribution in [-0.2, 0) is 22.6 Å². The second-order valence-corrected chi connectivity index (χ2v) is 8.39. The fourth-order valence-corrected chi connectivity index (χ4v) is 4.82. The summed E-state index contributed by atoms with van der Waals surface area (Å²) in [6.07, 6.45) is -4.83. The number of hydrogen-bond donors (Lipinski definition) is 1. The first-order chi connectivity index (χ1) is 14.7. The minimum Gasteiger partial charge on any atom is -0.403 e. The minimum atomic E-state index is -4.98. The van der Waals surface area contributed by atoms with Crippen LogP contribution in [-0.4, -0.2) is 31.0 Å². The molecule has 0 aliphatic carbocycles. The van der Waals surface area contributed by atoms with Gasteiger partial charge in [0, 0.05) is 23.6 Å². The van der Waals surface area contributed by atoms with E-state index in [0.29, 0.717) is 24.2 Å². The lowest BCUT2D eigenvalue weighted by Gasteiger charge is -2.24. The Kier molecular flexibility index (Phi) is 5.86. The standard InChI is InChI=1S/C19H15F4N3O3S2/c1-26-9-28-6-12-11(7-30-17(12)26)5-16(27)25-18-24-14(8-31-18)10-2-3-15(13(20)4-10)29-19(21,22)23/h2-4,7-8H,5-6,9H2,1H3,(H,24,25,27). The van der Waals surface area contributed by atoms with Crippen molar-refractivity contribution in [2.45, 2.75) is 19.4 Å². The van der Waals surface area contributed by atoms with E-state index in [1.807, 2.05) is 17.3 Å². The van der Waals surface area contributed by atoms with Gasteiger partial charge < -0.3 is 19.7 Å². The van der Waals surface area contributed by atoms with Crippen LogP contribution in [0.1, 0.15) is 11.1 Å². The summed E-state index contributed by atoms with van der Waals surface area (Å²) in [5.41, 5.74) is 2.45. The molecule has 12 heteroatoms. The molecule has 1 aliphatic rings. The SMILES string of the molecule is CN1COCc2c(CC(=O)Nc3nc(-c4ccc(OC(F)(F)F)c(F)c4)cs3)csc21. The molecule has 3 heterocycles. The van der Waals surface area contributed by atoms with Crippen molar-refractivity contribution < 1.29 is 31.8 Å². The van der Waals surface area contributed by atoms with Gasteiger partial charge in [-0.3, -0.25) is 4.79 Å². The van der Waals surface area contributed by atoms with Gasteiger partial charge in [-0.2, -0.15) is 0 Å². The van der Waals surface area contributed by atoms with E-state index in [1.165, 1.54) is 6.07 Å². The number of rotatable bonds is 5. The summed E-state index contributed by atoms with van der Waals surface area (Å²) in [6.45, 7) is 0.956. The lowest BCUT2D eigenvalue weighted by Crippen LogP contribution is -2.26. The van der Waals surface area contributed by atoms with E-state index < -0.39 is 17.9 Å². The molecular weight excluding hydrogens is 458 g/mol. The van der Waals surface area contributed by atoms with Crippen LogP contribution in [0.2, 0.25) is 0 Å². The fraction of sp³-hybridized carbons (Fsp3) is 0.263. The number of alkyl halides is 3. The van der Waals surface area contributed by atoms with Crippen LogP contribution in [0.5, 0.6) is 5.75 Å². The Morgan fingerprint density at radius 1 is 1.32 bits per heavy atom. The van der Waals surface area contributed by atoms with E-state index in [1.54, 1.807) is 16.7 Å². The minimum absolute atomic E-state index is 0.149. The van der Waals surface area contributed by atoms with Gasteiger partial charge in [-0.25, -0.2) is 9.37 Å². The lowest BCUT2D eigenvalue weighted by atomic mass is 10.1. The lowest BCUT2D eigenvalue weighted by molar-refractivity contribution is -0.275. The summed E-state index contributed by atoms with van der Waals surface area (Å²) in [7, 11) is 1.92. The number of thiazole rings is 1. The van der Waals surface area contributed by atoms with Crippen LogP contribution in [0.4, 0.5) is 27.7 Å². The molecule has 4 rings (SSSR count). The van der Waals surface area contributed by atoms with E-state index in [9.17, 15) is 22.4 Å². The van der Waals surface area contributed by atoms with E-state index in [-0.39, 0.29) is 17.9 Å². The van der Waals surface area contributed by atoms with Gasteiger partial charge in [0.25, 0.3) is 0 Å². The molecule has 0 unspecified atom stereocenters. The average Bonchev–Trinajstić information content (AvgIpc) is 3.31. The van der Waals surface area contributed by atoms with Gasteiger partial charge in [0.2, 0.25) is 5.91 Å². The van der Waals surface area contributed by atoms with Crippen LogP contribution < -0.4 is 15.0 Å². The number of thiophene rings is 1. The number of anilines is 2. The fourth-order valence-electron chi connectivity index (χ4n) is 3.04. The second-order valence-electron chi connectivity index (χ2n) is 6.68. The molecule has 6 nitrogen and oxygen atoms in total. The first kappa shape index (κ1) is 21.5. The van der Waals surface area contributed by atoms with Crippen LogP contribution in [0.15, 0.2) is 29.0 Å². The predicted octanol–water partition coefficient (Wildman–Crippen LogP) is 5.01. The third-order valence-electron chi connectivity index (χ3n) is 4.39. The van der Waals surface area contributed by atoms with Crippen molar-refractivity contribution in [2.75, 3.05) is 24.0 Å². The molecule has 3 aromatic rings. The number of aromatic nitrogens is 1. The third-order valence-corrected chi connectivity index (χ3v) is 6.33. The first-order valence-electron chi connectivity index (χ1n) is 8.89. The molecule has 31 heavy (non-hydrogen) atoms. The quantitative estimate of drug-likeness (QED) is 0.528.